The Balaban J connectivity index is 2.84. The molecule has 0 unspecified atom stereocenters. The van der Waals surface area contributed by atoms with Crippen LogP contribution in [0.3, 0.4) is 0 Å². The Bertz CT molecular complexity index is 343. The first-order valence-electron chi connectivity index (χ1n) is 3.92. The molecule has 76 valence electrons. The van der Waals surface area contributed by atoms with E-state index in [1.165, 1.54) is 18.2 Å². The highest BCUT2D eigenvalue weighted by atomic mass is 79.9. The van der Waals surface area contributed by atoms with Gasteiger partial charge in [-0.15, -0.1) is 0 Å². The van der Waals surface area contributed by atoms with Gasteiger partial charge in [0.05, 0.1) is 9.40 Å². The van der Waals surface area contributed by atoms with Crippen LogP contribution in [-0.2, 0) is 0 Å². The van der Waals surface area contributed by atoms with E-state index in [0.717, 1.165) is 0 Å². The topological polar surface area (TPSA) is 78.4 Å². The highest BCUT2D eigenvalue weighted by Gasteiger charge is 2.09. The molecule has 0 saturated heterocycles. The fraction of sp³-hybridized carbons (Fsp3) is 0.250. The average Bonchev–Trinajstić information content (AvgIpc) is 2.15. The molecular weight excluding hydrogens is 252 g/mol. The van der Waals surface area contributed by atoms with Gasteiger partial charge in [-0.05, 0) is 22.0 Å². The lowest BCUT2D eigenvalue weighted by Gasteiger charge is -2.05. The summed E-state index contributed by atoms with van der Waals surface area (Å²) in [5.41, 5.74) is 5.28. The van der Waals surface area contributed by atoms with Crippen molar-refractivity contribution in [2.75, 3.05) is 13.2 Å². The summed E-state index contributed by atoms with van der Waals surface area (Å²) in [5, 5.41) is 10.4. The number of non-ortho nitro benzene ring substituents is 1. The smallest absolute Gasteiger partial charge is 0.270 e. The van der Waals surface area contributed by atoms with Crippen LogP contribution < -0.4 is 10.5 Å². The zero-order chi connectivity index (χ0) is 10.6. The maximum absolute atomic E-state index is 10.4. The van der Waals surface area contributed by atoms with E-state index in [-0.39, 0.29) is 5.69 Å². The number of nitro benzene ring substituents is 1. The first kappa shape index (κ1) is 10.9. The van der Waals surface area contributed by atoms with Crippen LogP contribution in [0.1, 0.15) is 0 Å². The average molecular weight is 261 g/mol. The zero-order valence-electron chi connectivity index (χ0n) is 7.27. The quantitative estimate of drug-likeness (QED) is 0.660. The first-order valence-corrected chi connectivity index (χ1v) is 4.71. The van der Waals surface area contributed by atoms with Crippen molar-refractivity contribution in [2.45, 2.75) is 0 Å². The van der Waals surface area contributed by atoms with Crippen LogP contribution in [0.15, 0.2) is 22.7 Å². The second kappa shape index (κ2) is 4.92. The molecular formula is C8H9BrN2O3. The lowest BCUT2D eigenvalue weighted by atomic mass is 10.3. The summed E-state index contributed by atoms with van der Waals surface area (Å²) in [4.78, 5) is 9.94. The van der Waals surface area contributed by atoms with Crippen molar-refractivity contribution in [3.63, 3.8) is 0 Å². The van der Waals surface area contributed by atoms with Crippen molar-refractivity contribution < 1.29 is 9.66 Å². The van der Waals surface area contributed by atoms with Crippen molar-refractivity contribution in [1.82, 2.24) is 0 Å². The number of hydrogen-bond acceptors (Lipinski definition) is 4. The van der Waals surface area contributed by atoms with Gasteiger partial charge in [-0.3, -0.25) is 10.1 Å². The Hall–Kier alpha value is -1.14. The van der Waals surface area contributed by atoms with Crippen LogP contribution in [0.2, 0.25) is 0 Å². The van der Waals surface area contributed by atoms with Gasteiger partial charge in [-0.1, -0.05) is 0 Å². The predicted molar refractivity (Wildman–Crippen MR) is 55.3 cm³/mol. The molecule has 0 radical (unpaired) electrons. The summed E-state index contributed by atoms with van der Waals surface area (Å²) in [5.74, 6) is 0.557. The molecule has 0 spiro atoms. The van der Waals surface area contributed by atoms with Crippen molar-refractivity contribution in [3.05, 3.63) is 32.8 Å². The van der Waals surface area contributed by atoms with Crippen LogP contribution in [0.4, 0.5) is 5.69 Å². The first-order chi connectivity index (χ1) is 6.65. The molecule has 0 amide bonds. The Kier molecular flexibility index (Phi) is 3.84. The number of benzene rings is 1. The van der Waals surface area contributed by atoms with E-state index in [0.29, 0.717) is 23.4 Å². The van der Waals surface area contributed by atoms with E-state index in [1.807, 2.05) is 0 Å². The molecule has 0 saturated carbocycles. The van der Waals surface area contributed by atoms with E-state index in [2.05, 4.69) is 15.9 Å². The predicted octanol–water partition coefficient (Wildman–Crippen LogP) is 1.69. The maximum Gasteiger partial charge on any atom is 0.270 e. The number of rotatable bonds is 4. The van der Waals surface area contributed by atoms with Gasteiger partial charge >= 0.3 is 0 Å². The van der Waals surface area contributed by atoms with Gasteiger partial charge in [-0.25, -0.2) is 0 Å². The molecule has 0 fully saturated rings. The molecule has 2 N–H and O–H groups in total. The third kappa shape index (κ3) is 2.68. The molecule has 0 atom stereocenters. The monoisotopic (exact) mass is 260 g/mol. The molecule has 0 aliphatic carbocycles. The Morgan fingerprint density at radius 1 is 1.57 bits per heavy atom. The van der Waals surface area contributed by atoms with Crippen LogP contribution in [0.25, 0.3) is 0 Å². The molecule has 0 bridgehead atoms. The number of nitrogens with zero attached hydrogens (tertiary/aromatic N) is 1. The molecule has 5 nitrogen and oxygen atoms in total. The van der Waals surface area contributed by atoms with Crippen molar-refractivity contribution in [3.8, 4) is 5.75 Å². The van der Waals surface area contributed by atoms with E-state index in [9.17, 15) is 10.1 Å². The second-order valence-electron chi connectivity index (χ2n) is 2.51. The van der Waals surface area contributed by atoms with Crippen LogP contribution in [0, 0.1) is 10.1 Å². The van der Waals surface area contributed by atoms with Crippen molar-refractivity contribution >= 4 is 21.6 Å². The third-order valence-electron chi connectivity index (χ3n) is 1.50. The molecule has 1 aromatic carbocycles. The Morgan fingerprint density at radius 2 is 2.29 bits per heavy atom. The van der Waals surface area contributed by atoms with Gasteiger partial charge < -0.3 is 10.5 Å². The van der Waals surface area contributed by atoms with Gasteiger partial charge in [0.2, 0.25) is 0 Å². The molecule has 0 aromatic heterocycles. The summed E-state index contributed by atoms with van der Waals surface area (Å²) in [6, 6.07) is 4.32. The van der Waals surface area contributed by atoms with Crippen LogP contribution in [0.5, 0.6) is 5.75 Å². The van der Waals surface area contributed by atoms with Crippen molar-refractivity contribution in [2.24, 2.45) is 5.73 Å². The molecule has 1 aromatic rings. The molecule has 6 heteroatoms. The Labute approximate surface area is 89.1 Å². The van der Waals surface area contributed by atoms with Gasteiger partial charge in [0.1, 0.15) is 12.4 Å². The summed E-state index contributed by atoms with van der Waals surface area (Å²) in [6.45, 7) is 0.792. The Morgan fingerprint density at radius 3 is 2.79 bits per heavy atom. The van der Waals surface area contributed by atoms with Crippen LogP contribution >= 0.6 is 15.9 Å². The minimum absolute atomic E-state index is 0.0250. The molecule has 0 aliphatic rings. The molecule has 1 rings (SSSR count). The second-order valence-corrected chi connectivity index (χ2v) is 3.36. The summed E-state index contributed by atoms with van der Waals surface area (Å²) in [6.07, 6.45) is 0. The van der Waals surface area contributed by atoms with E-state index in [1.54, 1.807) is 0 Å². The molecule has 0 heterocycles. The lowest BCUT2D eigenvalue weighted by molar-refractivity contribution is -0.384. The summed E-state index contributed by atoms with van der Waals surface area (Å²) in [7, 11) is 0. The van der Waals surface area contributed by atoms with Gasteiger partial charge in [0.15, 0.2) is 0 Å². The molecule has 0 aliphatic heterocycles. The minimum atomic E-state index is -0.461. The number of hydrogen-bond donors (Lipinski definition) is 1. The summed E-state index contributed by atoms with van der Waals surface area (Å²) < 4.78 is 5.78. The van der Waals surface area contributed by atoms with E-state index < -0.39 is 4.92 Å². The van der Waals surface area contributed by atoms with Gasteiger partial charge in [-0.2, -0.15) is 0 Å². The zero-order valence-corrected chi connectivity index (χ0v) is 8.86. The molecule has 14 heavy (non-hydrogen) atoms. The SMILES string of the molecule is NCCOc1ccc([N+](=O)[O-])cc1Br. The number of nitrogens with two attached hydrogens (primary N) is 1. The normalized spacial score (nSPS) is 9.86. The lowest BCUT2D eigenvalue weighted by Crippen LogP contribution is -2.10. The van der Waals surface area contributed by atoms with E-state index in [4.69, 9.17) is 10.5 Å². The van der Waals surface area contributed by atoms with Gasteiger partial charge in [0.25, 0.3) is 5.69 Å². The van der Waals surface area contributed by atoms with E-state index >= 15 is 0 Å². The maximum atomic E-state index is 10.4. The highest BCUT2D eigenvalue weighted by molar-refractivity contribution is 9.10. The number of ether oxygens (including phenoxy) is 1. The van der Waals surface area contributed by atoms with Crippen LogP contribution in [-0.4, -0.2) is 18.1 Å². The third-order valence-corrected chi connectivity index (χ3v) is 2.12. The summed E-state index contributed by atoms with van der Waals surface area (Å²) >= 11 is 3.18. The highest BCUT2D eigenvalue weighted by Crippen LogP contribution is 2.28. The largest absolute Gasteiger partial charge is 0.491 e. The van der Waals surface area contributed by atoms with Gasteiger partial charge in [0, 0.05) is 18.7 Å². The number of nitro groups is 1. The standard InChI is InChI=1S/C8H9BrN2O3/c9-7-5-6(11(12)13)1-2-8(7)14-4-3-10/h1-2,5H,3-4,10H2. The fourth-order valence-corrected chi connectivity index (χ4v) is 1.37. The number of halogens is 1. The fourth-order valence-electron chi connectivity index (χ4n) is 0.889. The minimum Gasteiger partial charge on any atom is -0.491 e. The van der Waals surface area contributed by atoms with Crippen molar-refractivity contribution in [1.29, 1.82) is 0 Å².